The third kappa shape index (κ3) is 3.81. The zero-order chi connectivity index (χ0) is 14.4. The molecular formula is C14H18N4O2. The molecule has 0 atom stereocenters. The van der Waals surface area contributed by atoms with Crippen LogP contribution >= 0.6 is 0 Å². The number of H-pyrrole nitrogens is 1. The van der Waals surface area contributed by atoms with Crippen molar-refractivity contribution in [1.29, 1.82) is 0 Å². The second-order valence-corrected chi connectivity index (χ2v) is 4.53. The number of aromatic amines is 1. The van der Waals surface area contributed by atoms with Crippen molar-refractivity contribution in [2.45, 2.75) is 26.2 Å². The molecule has 0 saturated heterocycles. The Kier molecular flexibility index (Phi) is 4.70. The lowest BCUT2D eigenvalue weighted by Gasteiger charge is -2.03. The van der Waals surface area contributed by atoms with Crippen molar-refractivity contribution in [3.8, 4) is 5.75 Å². The molecular weight excluding hydrogens is 256 g/mol. The van der Waals surface area contributed by atoms with Gasteiger partial charge >= 0.3 is 0 Å². The first-order chi connectivity index (χ1) is 9.69. The van der Waals surface area contributed by atoms with Crippen LogP contribution in [0.5, 0.6) is 5.75 Å². The van der Waals surface area contributed by atoms with Crippen molar-refractivity contribution >= 4 is 5.91 Å². The Hall–Kier alpha value is -2.37. The van der Waals surface area contributed by atoms with Crippen LogP contribution in [0.4, 0.5) is 0 Å². The summed E-state index contributed by atoms with van der Waals surface area (Å²) >= 11 is 0. The Bertz CT molecular complexity index is 563. The second-order valence-electron chi connectivity index (χ2n) is 4.53. The predicted octanol–water partition coefficient (Wildman–Crippen LogP) is 1.44. The highest BCUT2D eigenvalue weighted by Crippen LogP contribution is 2.09. The molecule has 0 fully saturated rings. The van der Waals surface area contributed by atoms with E-state index in [4.69, 9.17) is 0 Å². The molecule has 0 unspecified atom stereocenters. The number of amides is 1. The van der Waals surface area contributed by atoms with E-state index in [9.17, 15) is 9.90 Å². The topological polar surface area (TPSA) is 90.9 Å². The van der Waals surface area contributed by atoms with Crippen molar-refractivity contribution < 1.29 is 9.90 Å². The number of rotatable bonds is 6. The molecule has 106 valence electrons. The summed E-state index contributed by atoms with van der Waals surface area (Å²) < 4.78 is 0. The highest BCUT2D eigenvalue weighted by Gasteiger charge is 2.11. The molecule has 0 aliphatic carbocycles. The molecule has 0 aliphatic rings. The van der Waals surface area contributed by atoms with E-state index in [1.807, 2.05) is 19.1 Å². The Morgan fingerprint density at radius 3 is 2.75 bits per heavy atom. The van der Waals surface area contributed by atoms with Crippen LogP contribution in [-0.4, -0.2) is 32.7 Å². The molecule has 1 amide bonds. The van der Waals surface area contributed by atoms with Crippen molar-refractivity contribution in [3.63, 3.8) is 0 Å². The molecule has 20 heavy (non-hydrogen) atoms. The quantitative estimate of drug-likeness (QED) is 0.743. The number of phenolic OH excluding ortho intramolecular Hbond substituents is 1. The Morgan fingerprint density at radius 2 is 2.05 bits per heavy atom. The van der Waals surface area contributed by atoms with E-state index >= 15 is 0 Å². The van der Waals surface area contributed by atoms with Crippen molar-refractivity contribution in [2.24, 2.45) is 0 Å². The van der Waals surface area contributed by atoms with Gasteiger partial charge < -0.3 is 10.4 Å². The molecule has 2 aromatic rings. The molecule has 1 heterocycles. The van der Waals surface area contributed by atoms with Gasteiger partial charge in [-0.05, 0) is 30.5 Å². The Balaban J connectivity index is 1.81. The maximum Gasteiger partial charge on any atom is 0.290 e. The summed E-state index contributed by atoms with van der Waals surface area (Å²) in [5.74, 6) is 0.875. The molecule has 0 spiro atoms. The number of benzene rings is 1. The highest BCUT2D eigenvalue weighted by atomic mass is 16.3. The fraction of sp³-hybridized carbons (Fsp3) is 0.357. The number of aryl methyl sites for hydroxylation is 1. The number of nitrogens with zero attached hydrogens (tertiary/aromatic N) is 2. The normalized spacial score (nSPS) is 10.4. The fourth-order valence-corrected chi connectivity index (χ4v) is 1.81. The van der Waals surface area contributed by atoms with Gasteiger partial charge in [0.25, 0.3) is 5.91 Å². The van der Waals surface area contributed by atoms with Crippen molar-refractivity contribution in [2.75, 3.05) is 6.54 Å². The van der Waals surface area contributed by atoms with Crippen LogP contribution < -0.4 is 5.32 Å². The van der Waals surface area contributed by atoms with E-state index in [1.54, 1.807) is 12.1 Å². The SMILES string of the molecule is CCCc1nc(C(=O)NCCc2ccc(O)cc2)n[nH]1. The largest absolute Gasteiger partial charge is 0.508 e. The standard InChI is InChI=1S/C14H18N4O2/c1-2-3-12-16-13(18-17-12)14(20)15-9-8-10-4-6-11(19)7-5-10/h4-7,19H,2-3,8-9H2,1H3,(H,15,20)(H,16,17,18). The molecule has 0 bridgehead atoms. The van der Waals surface area contributed by atoms with Crippen LogP contribution in [0.3, 0.4) is 0 Å². The van der Waals surface area contributed by atoms with E-state index < -0.39 is 0 Å². The number of hydrogen-bond donors (Lipinski definition) is 3. The number of carbonyl (C=O) groups is 1. The maximum atomic E-state index is 11.8. The average Bonchev–Trinajstić information content (AvgIpc) is 2.90. The van der Waals surface area contributed by atoms with Gasteiger partial charge in [0, 0.05) is 13.0 Å². The summed E-state index contributed by atoms with van der Waals surface area (Å²) in [4.78, 5) is 15.9. The van der Waals surface area contributed by atoms with Crippen LogP contribution in [-0.2, 0) is 12.8 Å². The fourth-order valence-electron chi connectivity index (χ4n) is 1.81. The summed E-state index contributed by atoms with van der Waals surface area (Å²) in [5, 5.41) is 18.6. The third-order valence-corrected chi connectivity index (χ3v) is 2.86. The predicted molar refractivity (Wildman–Crippen MR) is 74.5 cm³/mol. The number of aromatic hydroxyl groups is 1. The minimum absolute atomic E-state index is 0.180. The molecule has 0 aliphatic heterocycles. The van der Waals surface area contributed by atoms with Crippen LogP contribution in [0.15, 0.2) is 24.3 Å². The van der Waals surface area contributed by atoms with E-state index in [0.717, 1.165) is 24.2 Å². The second kappa shape index (κ2) is 6.70. The summed E-state index contributed by atoms with van der Waals surface area (Å²) in [5.41, 5.74) is 1.05. The van der Waals surface area contributed by atoms with Gasteiger partial charge in [0.2, 0.25) is 5.82 Å². The summed E-state index contributed by atoms with van der Waals surface area (Å²) in [7, 11) is 0. The number of hydrogen-bond acceptors (Lipinski definition) is 4. The van der Waals surface area contributed by atoms with Crippen LogP contribution in [0, 0.1) is 0 Å². The molecule has 6 heteroatoms. The lowest BCUT2D eigenvalue weighted by Crippen LogP contribution is -2.26. The van der Waals surface area contributed by atoms with Crippen LogP contribution in [0.2, 0.25) is 0 Å². The summed E-state index contributed by atoms with van der Waals surface area (Å²) in [6.45, 7) is 2.54. The zero-order valence-electron chi connectivity index (χ0n) is 11.4. The van der Waals surface area contributed by atoms with Gasteiger partial charge in [-0.15, -0.1) is 5.10 Å². The Labute approximate surface area is 117 Å². The lowest BCUT2D eigenvalue weighted by atomic mass is 10.1. The monoisotopic (exact) mass is 274 g/mol. The van der Waals surface area contributed by atoms with Gasteiger partial charge in [0.15, 0.2) is 0 Å². The molecule has 6 nitrogen and oxygen atoms in total. The van der Waals surface area contributed by atoms with Crippen LogP contribution in [0.1, 0.15) is 35.4 Å². The first-order valence-electron chi connectivity index (χ1n) is 6.66. The van der Waals surface area contributed by atoms with Gasteiger partial charge in [-0.2, -0.15) is 0 Å². The molecule has 3 N–H and O–H groups in total. The molecule has 2 rings (SSSR count). The zero-order valence-corrected chi connectivity index (χ0v) is 11.4. The molecule has 1 aromatic heterocycles. The number of phenols is 1. The number of aromatic nitrogens is 3. The molecule has 0 saturated carbocycles. The van der Waals surface area contributed by atoms with E-state index in [-0.39, 0.29) is 17.5 Å². The smallest absolute Gasteiger partial charge is 0.290 e. The van der Waals surface area contributed by atoms with Gasteiger partial charge in [-0.1, -0.05) is 19.1 Å². The molecule has 0 radical (unpaired) electrons. The van der Waals surface area contributed by atoms with Crippen LogP contribution in [0.25, 0.3) is 0 Å². The van der Waals surface area contributed by atoms with Crippen molar-refractivity contribution in [1.82, 2.24) is 20.5 Å². The highest BCUT2D eigenvalue weighted by molar-refractivity contribution is 5.90. The average molecular weight is 274 g/mol. The van der Waals surface area contributed by atoms with E-state index in [0.29, 0.717) is 13.0 Å². The lowest BCUT2D eigenvalue weighted by molar-refractivity contribution is 0.0944. The third-order valence-electron chi connectivity index (χ3n) is 2.86. The summed E-state index contributed by atoms with van der Waals surface area (Å²) in [6, 6.07) is 6.91. The maximum absolute atomic E-state index is 11.8. The van der Waals surface area contributed by atoms with E-state index in [1.165, 1.54) is 0 Å². The van der Waals surface area contributed by atoms with Gasteiger partial charge in [-0.3, -0.25) is 9.89 Å². The van der Waals surface area contributed by atoms with Gasteiger partial charge in [0.05, 0.1) is 0 Å². The number of nitrogens with one attached hydrogen (secondary N) is 2. The Morgan fingerprint density at radius 1 is 1.30 bits per heavy atom. The number of carbonyl (C=O) groups excluding carboxylic acids is 1. The minimum atomic E-state index is -0.276. The van der Waals surface area contributed by atoms with Gasteiger partial charge in [-0.25, -0.2) is 4.98 Å². The summed E-state index contributed by atoms with van der Waals surface area (Å²) in [6.07, 6.45) is 2.43. The van der Waals surface area contributed by atoms with Gasteiger partial charge in [0.1, 0.15) is 11.6 Å². The van der Waals surface area contributed by atoms with E-state index in [2.05, 4.69) is 20.5 Å². The minimum Gasteiger partial charge on any atom is -0.508 e. The molecule has 1 aromatic carbocycles. The van der Waals surface area contributed by atoms with Crippen molar-refractivity contribution in [3.05, 3.63) is 41.5 Å². The first kappa shape index (κ1) is 14.0. The first-order valence-corrected chi connectivity index (χ1v) is 6.66.